The van der Waals surface area contributed by atoms with E-state index < -0.39 is 0 Å². The lowest BCUT2D eigenvalue weighted by molar-refractivity contribution is -0.124. The van der Waals surface area contributed by atoms with Crippen LogP contribution in [-0.4, -0.2) is 39.5 Å². The summed E-state index contributed by atoms with van der Waals surface area (Å²) in [7, 11) is 0. The Morgan fingerprint density at radius 1 is 1.33 bits per heavy atom. The number of aromatic nitrogens is 2. The number of nitrogens with one attached hydrogen (secondary N) is 1. The summed E-state index contributed by atoms with van der Waals surface area (Å²) in [5, 5.41) is 3.13. The molecule has 1 aromatic heterocycles. The van der Waals surface area contributed by atoms with Crippen molar-refractivity contribution in [1.82, 2.24) is 19.8 Å². The zero-order valence-electron chi connectivity index (χ0n) is 14.3. The normalized spacial score (nSPS) is 19.8. The van der Waals surface area contributed by atoms with Gasteiger partial charge in [-0.15, -0.1) is 0 Å². The van der Waals surface area contributed by atoms with Crippen molar-refractivity contribution >= 4 is 5.91 Å². The van der Waals surface area contributed by atoms with Crippen molar-refractivity contribution in [3.8, 4) is 0 Å². The average Bonchev–Trinajstić information content (AvgIpc) is 3.15. The number of likely N-dealkylation sites (tertiary alicyclic amines) is 1. The molecule has 2 heterocycles. The van der Waals surface area contributed by atoms with Crippen LogP contribution in [-0.2, 0) is 11.3 Å². The van der Waals surface area contributed by atoms with Crippen LogP contribution in [0.3, 0.4) is 0 Å². The largest absolute Gasteiger partial charge is 0.353 e. The third kappa shape index (κ3) is 4.23. The van der Waals surface area contributed by atoms with Crippen LogP contribution in [0.4, 0.5) is 0 Å². The first-order chi connectivity index (χ1) is 11.7. The Balaban J connectivity index is 1.55. The van der Waals surface area contributed by atoms with Gasteiger partial charge in [-0.05, 0) is 31.9 Å². The minimum Gasteiger partial charge on any atom is -0.353 e. The van der Waals surface area contributed by atoms with E-state index in [1.807, 2.05) is 17.7 Å². The molecule has 5 nitrogen and oxygen atoms in total. The zero-order chi connectivity index (χ0) is 16.8. The predicted molar refractivity (Wildman–Crippen MR) is 94.4 cm³/mol. The van der Waals surface area contributed by atoms with Gasteiger partial charge in [-0.25, -0.2) is 4.98 Å². The topological polar surface area (TPSA) is 50.2 Å². The highest BCUT2D eigenvalue weighted by atomic mass is 16.2. The molecular formula is C19H26N4O. The van der Waals surface area contributed by atoms with Gasteiger partial charge in [0.25, 0.3) is 0 Å². The molecule has 24 heavy (non-hydrogen) atoms. The Hall–Kier alpha value is -2.14. The molecule has 1 N–H and O–H groups in total. The first kappa shape index (κ1) is 16.7. The molecule has 1 saturated heterocycles. The van der Waals surface area contributed by atoms with Gasteiger partial charge in [0, 0.05) is 31.5 Å². The Labute approximate surface area is 143 Å². The number of amides is 1. The highest BCUT2D eigenvalue weighted by Crippen LogP contribution is 2.19. The van der Waals surface area contributed by atoms with E-state index in [4.69, 9.17) is 0 Å². The van der Waals surface area contributed by atoms with Gasteiger partial charge in [-0.2, -0.15) is 0 Å². The van der Waals surface area contributed by atoms with Crippen LogP contribution >= 0.6 is 0 Å². The number of hydrogen-bond acceptors (Lipinski definition) is 3. The summed E-state index contributed by atoms with van der Waals surface area (Å²) in [5.74, 6) is 0.0539. The van der Waals surface area contributed by atoms with Crippen LogP contribution in [0.2, 0.25) is 0 Å². The maximum atomic E-state index is 12.4. The standard InChI is InChI=1S/C19H26N4O/c1-16(23-12-10-20-15-23)19(24)21-13-18-9-5-6-11-22(18)14-17-7-3-2-4-8-17/h2-4,7-8,10,12,15-16,18H,5-6,9,11,13-14H2,1H3,(H,21,24). The number of imidazole rings is 1. The molecule has 0 aliphatic carbocycles. The summed E-state index contributed by atoms with van der Waals surface area (Å²) in [6.07, 6.45) is 8.84. The molecule has 1 aromatic carbocycles. The zero-order valence-corrected chi connectivity index (χ0v) is 14.3. The molecule has 2 unspecified atom stereocenters. The van der Waals surface area contributed by atoms with Crippen LogP contribution in [0, 0.1) is 0 Å². The van der Waals surface area contributed by atoms with Crippen molar-refractivity contribution in [1.29, 1.82) is 0 Å². The summed E-state index contributed by atoms with van der Waals surface area (Å²) in [5.41, 5.74) is 1.34. The number of nitrogens with zero attached hydrogens (tertiary/aromatic N) is 3. The SMILES string of the molecule is CC(C(=O)NCC1CCCCN1Cc1ccccc1)n1ccnc1. The molecule has 0 spiro atoms. The number of piperidine rings is 1. The molecular weight excluding hydrogens is 300 g/mol. The lowest BCUT2D eigenvalue weighted by Crippen LogP contribution is -2.47. The van der Waals surface area contributed by atoms with Crippen molar-refractivity contribution in [2.24, 2.45) is 0 Å². The highest BCUT2D eigenvalue weighted by Gasteiger charge is 2.24. The number of benzene rings is 1. The summed E-state index contributed by atoms with van der Waals surface area (Å²) in [6, 6.07) is 10.8. The van der Waals surface area contributed by atoms with Gasteiger partial charge in [0.05, 0.1) is 6.33 Å². The van der Waals surface area contributed by atoms with Crippen LogP contribution in [0.15, 0.2) is 49.1 Å². The van der Waals surface area contributed by atoms with Gasteiger partial charge < -0.3 is 9.88 Å². The van der Waals surface area contributed by atoms with E-state index >= 15 is 0 Å². The number of carbonyl (C=O) groups is 1. The van der Waals surface area contributed by atoms with E-state index in [0.717, 1.165) is 19.5 Å². The lowest BCUT2D eigenvalue weighted by atomic mass is 10.0. The van der Waals surface area contributed by atoms with Crippen LogP contribution in [0.5, 0.6) is 0 Å². The number of hydrogen-bond donors (Lipinski definition) is 1. The summed E-state index contributed by atoms with van der Waals surface area (Å²) >= 11 is 0. The van der Waals surface area contributed by atoms with Crippen molar-refractivity contribution in [3.05, 3.63) is 54.6 Å². The molecule has 1 fully saturated rings. The maximum absolute atomic E-state index is 12.4. The Morgan fingerprint density at radius 3 is 2.92 bits per heavy atom. The lowest BCUT2D eigenvalue weighted by Gasteiger charge is -2.36. The van der Waals surface area contributed by atoms with Crippen molar-refractivity contribution in [3.63, 3.8) is 0 Å². The summed E-state index contributed by atoms with van der Waals surface area (Å²) < 4.78 is 1.83. The molecule has 1 amide bonds. The Morgan fingerprint density at radius 2 is 2.17 bits per heavy atom. The average molecular weight is 326 g/mol. The molecule has 0 radical (unpaired) electrons. The fourth-order valence-electron chi connectivity index (χ4n) is 3.32. The molecule has 1 aliphatic heterocycles. The summed E-state index contributed by atoms with van der Waals surface area (Å²) in [6.45, 7) is 4.68. The molecule has 3 rings (SSSR count). The first-order valence-electron chi connectivity index (χ1n) is 8.77. The molecule has 1 aliphatic rings. The summed E-state index contributed by atoms with van der Waals surface area (Å²) in [4.78, 5) is 18.9. The smallest absolute Gasteiger partial charge is 0.242 e. The maximum Gasteiger partial charge on any atom is 0.242 e. The molecule has 2 atom stereocenters. The van der Waals surface area contributed by atoms with Gasteiger partial charge in [-0.1, -0.05) is 36.8 Å². The number of carbonyl (C=O) groups excluding carboxylic acids is 1. The Kier molecular flexibility index (Phi) is 5.64. The third-order valence-electron chi connectivity index (χ3n) is 4.84. The molecule has 0 bridgehead atoms. The molecule has 2 aromatic rings. The fraction of sp³-hybridized carbons (Fsp3) is 0.474. The van der Waals surface area contributed by atoms with Gasteiger partial charge in [-0.3, -0.25) is 9.69 Å². The van der Waals surface area contributed by atoms with Crippen molar-refractivity contribution in [2.75, 3.05) is 13.1 Å². The first-order valence-corrected chi connectivity index (χ1v) is 8.77. The third-order valence-corrected chi connectivity index (χ3v) is 4.84. The van der Waals surface area contributed by atoms with Crippen LogP contribution in [0.1, 0.15) is 37.8 Å². The van der Waals surface area contributed by atoms with Gasteiger partial charge in [0.2, 0.25) is 5.91 Å². The van der Waals surface area contributed by atoms with Gasteiger partial charge >= 0.3 is 0 Å². The highest BCUT2D eigenvalue weighted by molar-refractivity contribution is 5.79. The van der Waals surface area contributed by atoms with Crippen LogP contribution in [0.25, 0.3) is 0 Å². The minimum absolute atomic E-state index is 0.0539. The van der Waals surface area contributed by atoms with Gasteiger partial charge in [0.15, 0.2) is 0 Å². The molecule has 0 saturated carbocycles. The van der Waals surface area contributed by atoms with Crippen LogP contribution < -0.4 is 5.32 Å². The van der Waals surface area contributed by atoms with E-state index in [0.29, 0.717) is 12.6 Å². The second-order valence-corrected chi connectivity index (χ2v) is 6.54. The molecule has 128 valence electrons. The molecule has 5 heteroatoms. The van der Waals surface area contributed by atoms with E-state index in [1.165, 1.54) is 18.4 Å². The monoisotopic (exact) mass is 326 g/mol. The fourth-order valence-corrected chi connectivity index (χ4v) is 3.32. The van der Waals surface area contributed by atoms with Crippen molar-refractivity contribution in [2.45, 2.75) is 44.8 Å². The number of rotatable bonds is 6. The van der Waals surface area contributed by atoms with E-state index in [1.54, 1.807) is 12.5 Å². The second-order valence-electron chi connectivity index (χ2n) is 6.54. The predicted octanol–water partition coefficient (Wildman–Crippen LogP) is 2.62. The van der Waals surface area contributed by atoms with E-state index in [9.17, 15) is 4.79 Å². The van der Waals surface area contributed by atoms with Gasteiger partial charge in [0.1, 0.15) is 6.04 Å². The quantitative estimate of drug-likeness (QED) is 0.888. The van der Waals surface area contributed by atoms with Crippen molar-refractivity contribution < 1.29 is 4.79 Å². The van der Waals surface area contributed by atoms with E-state index in [-0.39, 0.29) is 11.9 Å². The second kappa shape index (κ2) is 8.11. The Bertz CT molecular complexity index is 626. The van der Waals surface area contributed by atoms with E-state index in [2.05, 4.69) is 45.5 Å². The minimum atomic E-state index is -0.223.